The zero-order valence-corrected chi connectivity index (χ0v) is 19.3. The van der Waals surface area contributed by atoms with E-state index in [4.69, 9.17) is 4.74 Å². The Bertz CT molecular complexity index is 1460. The molecule has 0 bridgehead atoms. The van der Waals surface area contributed by atoms with Crippen LogP contribution < -0.4 is 25.5 Å². The van der Waals surface area contributed by atoms with Gasteiger partial charge in [-0.1, -0.05) is 42.8 Å². The second kappa shape index (κ2) is 7.95. The van der Waals surface area contributed by atoms with Gasteiger partial charge in [-0.2, -0.15) is 0 Å². The molecule has 1 aliphatic heterocycles. The molecule has 0 radical (unpaired) electrons. The molecule has 3 heterocycles. The number of nitrogens with one attached hydrogen (secondary N) is 1. The van der Waals surface area contributed by atoms with Crippen molar-refractivity contribution in [2.75, 3.05) is 18.6 Å². The van der Waals surface area contributed by atoms with Crippen LogP contribution in [0.3, 0.4) is 0 Å². The zero-order valence-electron chi connectivity index (χ0n) is 19.3. The Morgan fingerprint density at radius 1 is 1.15 bits per heavy atom. The molecule has 5 rings (SSSR count). The normalized spacial score (nSPS) is 15.6. The number of H-pyrrole nitrogens is 1. The molecule has 1 N–H and O–H groups in total. The van der Waals surface area contributed by atoms with Crippen LogP contribution in [0.15, 0.2) is 58.1 Å². The van der Waals surface area contributed by atoms with E-state index >= 15 is 0 Å². The number of anilines is 2. The topological polar surface area (TPSA) is 76.1 Å². The summed E-state index contributed by atoms with van der Waals surface area (Å²) < 4.78 is 10.3. The summed E-state index contributed by atoms with van der Waals surface area (Å²) in [6.45, 7) is 5.88. The van der Waals surface area contributed by atoms with E-state index in [-0.39, 0.29) is 17.8 Å². The van der Waals surface area contributed by atoms with Crippen molar-refractivity contribution in [3.05, 3.63) is 80.5 Å². The first-order valence-corrected chi connectivity index (χ1v) is 11.1. The lowest BCUT2D eigenvalue weighted by Crippen LogP contribution is -2.52. The summed E-state index contributed by atoms with van der Waals surface area (Å²) in [6.07, 6.45) is 0. The second-order valence-corrected chi connectivity index (χ2v) is 8.89. The maximum Gasteiger partial charge on any atom is 0.364 e. The minimum Gasteiger partial charge on any atom is -0.497 e. The standard InChI is InChI=1S/C25H27N5O3/c1-16-8-10-18(11-9-16)15-30-23(31)21-22(27(3)25(30)32)26-24-28(13-17(2)14-29(21)24)19-6-5-7-20(12-19)33-4/h5-12,17H,13-15H2,1-4H3/p+1/t17-/m1/s1. The molecule has 0 unspecified atom stereocenters. The van der Waals surface area contributed by atoms with Crippen molar-refractivity contribution < 1.29 is 9.30 Å². The highest BCUT2D eigenvalue weighted by Gasteiger charge is 2.36. The zero-order chi connectivity index (χ0) is 23.3. The Morgan fingerprint density at radius 2 is 1.91 bits per heavy atom. The highest BCUT2D eigenvalue weighted by molar-refractivity contribution is 5.70. The molecular weight excluding hydrogens is 418 g/mol. The van der Waals surface area contributed by atoms with Crippen LogP contribution in [0.2, 0.25) is 0 Å². The number of imidazole rings is 1. The number of hydrogen-bond acceptors (Lipinski definition) is 4. The third-order valence-electron chi connectivity index (χ3n) is 6.35. The number of fused-ring (bicyclic) bond motifs is 3. The van der Waals surface area contributed by atoms with Gasteiger partial charge in [0.05, 0.1) is 26.7 Å². The van der Waals surface area contributed by atoms with Crippen molar-refractivity contribution >= 4 is 22.8 Å². The van der Waals surface area contributed by atoms with Crippen molar-refractivity contribution in [3.63, 3.8) is 0 Å². The summed E-state index contributed by atoms with van der Waals surface area (Å²) in [4.78, 5) is 32.3. The van der Waals surface area contributed by atoms with Crippen molar-refractivity contribution in [1.29, 1.82) is 0 Å². The molecule has 8 nitrogen and oxygen atoms in total. The molecule has 0 saturated carbocycles. The number of rotatable bonds is 4. The van der Waals surface area contributed by atoms with Gasteiger partial charge in [0.1, 0.15) is 11.4 Å². The summed E-state index contributed by atoms with van der Waals surface area (Å²) in [6, 6.07) is 15.7. The monoisotopic (exact) mass is 446 g/mol. The highest BCUT2D eigenvalue weighted by atomic mass is 16.5. The molecule has 1 atom stereocenters. The van der Waals surface area contributed by atoms with Crippen LogP contribution in [0, 0.1) is 12.8 Å². The third-order valence-corrected chi connectivity index (χ3v) is 6.35. The van der Waals surface area contributed by atoms with E-state index in [1.165, 1.54) is 9.13 Å². The van der Waals surface area contributed by atoms with E-state index in [0.29, 0.717) is 23.6 Å². The van der Waals surface area contributed by atoms with E-state index in [9.17, 15) is 9.59 Å². The number of nitrogens with zero attached hydrogens (tertiary/aromatic N) is 4. The Morgan fingerprint density at radius 3 is 2.64 bits per heavy atom. The Kier molecular flexibility index (Phi) is 5.08. The van der Waals surface area contributed by atoms with Crippen LogP contribution in [0.25, 0.3) is 11.2 Å². The summed E-state index contributed by atoms with van der Waals surface area (Å²) in [5.41, 5.74) is 3.44. The fourth-order valence-corrected chi connectivity index (χ4v) is 4.60. The summed E-state index contributed by atoms with van der Waals surface area (Å²) in [5.74, 6) is 1.85. The Labute approximate surface area is 191 Å². The maximum absolute atomic E-state index is 13.6. The van der Waals surface area contributed by atoms with Gasteiger partial charge in [-0.05, 0) is 24.6 Å². The van der Waals surface area contributed by atoms with Crippen molar-refractivity contribution in [3.8, 4) is 5.75 Å². The lowest BCUT2D eigenvalue weighted by molar-refractivity contribution is -0.669. The van der Waals surface area contributed by atoms with Crippen molar-refractivity contribution in [2.24, 2.45) is 13.0 Å². The maximum atomic E-state index is 13.6. The van der Waals surface area contributed by atoms with E-state index < -0.39 is 0 Å². The average Bonchev–Trinajstić information content (AvgIpc) is 3.20. The minimum atomic E-state index is -0.340. The van der Waals surface area contributed by atoms with E-state index in [0.717, 1.165) is 35.1 Å². The number of methoxy groups -OCH3 is 1. The van der Waals surface area contributed by atoms with Crippen LogP contribution in [0.4, 0.5) is 11.6 Å². The highest BCUT2D eigenvalue weighted by Crippen LogP contribution is 2.30. The fraction of sp³-hybridized carbons (Fsp3) is 0.320. The lowest BCUT2D eigenvalue weighted by atomic mass is 10.1. The van der Waals surface area contributed by atoms with Gasteiger partial charge in [-0.3, -0.25) is 13.9 Å². The molecule has 4 aromatic rings. The molecule has 0 amide bonds. The first-order chi connectivity index (χ1) is 15.9. The molecule has 0 spiro atoms. The van der Waals surface area contributed by atoms with Gasteiger partial charge in [0.2, 0.25) is 11.2 Å². The smallest absolute Gasteiger partial charge is 0.364 e. The average molecular weight is 447 g/mol. The van der Waals surface area contributed by atoms with Crippen molar-refractivity contribution in [1.82, 2.24) is 14.1 Å². The number of aromatic nitrogens is 4. The number of hydrogen-bond donors (Lipinski definition) is 1. The van der Waals surface area contributed by atoms with Gasteiger partial charge in [0.15, 0.2) is 0 Å². The largest absolute Gasteiger partial charge is 0.497 e. The summed E-state index contributed by atoms with van der Waals surface area (Å²) in [5, 5.41) is 0. The number of benzene rings is 2. The molecule has 2 aromatic heterocycles. The van der Waals surface area contributed by atoms with Gasteiger partial charge >= 0.3 is 11.6 Å². The van der Waals surface area contributed by atoms with Crippen LogP contribution in [-0.4, -0.2) is 27.8 Å². The molecule has 8 heteroatoms. The first-order valence-electron chi connectivity index (χ1n) is 11.1. The van der Waals surface area contributed by atoms with Crippen molar-refractivity contribution in [2.45, 2.75) is 26.9 Å². The Hall–Kier alpha value is -3.81. The van der Waals surface area contributed by atoms with Gasteiger partial charge in [-0.25, -0.2) is 19.2 Å². The number of aryl methyl sites for hydroxylation is 2. The predicted octanol–water partition coefficient (Wildman–Crippen LogP) is 2.47. The molecule has 33 heavy (non-hydrogen) atoms. The molecule has 2 aromatic carbocycles. The first kappa shape index (κ1) is 21.1. The van der Waals surface area contributed by atoms with Crippen LogP contribution in [0.1, 0.15) is 18.1 Å². The van der Waals surface area contributed by atoms with E-state index in [1.54, 1.807) is 14.2 Å². The summed E-state index contributed by atoms with van der Waals surface area (Å²) >= 11 is 0. The number of aromatic amines is 1. The fourth-order valence-electron chi connectivity index (χ4n) is 4.60. The molecule has 0 fully saturated rings. The molecule has 0 saturated heterocycles. The molecule has 1 aliphatic rings. The number of ether oxygens (including phenoxy) is 1. The predicted molar refractivity (Wildman–Crippen MR) is 127 cm³/mol. The third kappa shape index (κ3) is 3.51. The molecule has 170 valence electrons. The van der Waals surface area contributed by atoms with Crippen LogP contribution >= 0.6 is 0 Å². The van der Waals surface area contributed by atoms with Gasteiger partial charge in [0.25, 0.3) is 5.56 Å². The van der Waals surface area contributed by atoms with Crippen LogP contribution in [0.5, 0.6) is 5.75 Å². The molecule has 0 aliphatic carbocycles. The van der Waals surface area contributed by atoms with Crippen LogP contribution in [-0.2, 0) is 20.1 Å². The Balaban J connectivity index is 1.70. The minimum absolute atomic E-state index is 0.234. The quantitative estimate of drug-likeness (QED) is 0.489. The molecular formula is C25H28N5O3+. The lowest BCUT2D eigenvalue weighted by Gasteiger charge is -2.26. The van der Waals surface area contributed by atoms with Gasteiger partial charge in [-0.15, -0.1) is 0 Å². The van der Waals surface area contributed by atoms with E-state index in [2.05, 4.69) is 16.8 Å². The summed E-state index contributed by atoms with van der Waals surface area (Å²) in [7, 11) is 3.35. The van der Waals surface area contributed by atoms with Gasteiger partial charge < -0.3 is 4.74 Å². The second-order valence-electron chi connectivity index (χ2n) is 8.89. The van der Waals surface area contributed by atoms with Gasteiger partial charge in [0, 0.05) is 19.0 Å². The SMILES string of the molecule is COc1cccc(N2C[C@@H](C)C[n+]3c2[nH]c2c3c(=O)n(Cc3ccc(C)cc3)c(=O)n2C)c1. The van der Waals surface area contributed by atoms with E-state index in [1.807, 2.05) is 60.0 Å².